The van der Waals surface area contributed by atoms with Crippen LogP contribution in [0.3, 0.4) is 0 Å². The summed E-state index contributed by atoms with van der Waals surface area (Å²) < 4.78 is 5.94. The Morgan fingerprint density at radius 2 is 1.50 bits per heavy atom. The second-order valence-corrected chi connectivity index (χ2v) is 7.28. The average Bonchev–Trinajstić information content (AvgIpc) is 3.15. The molecule has 0 aliphatic carbocycles. The fourth-order valence-corrected chi connectivity index (χ4v) is 3.90. The Morgan fingerprint density at radius 3 is 2.18 bits per heavy atom. The lowest BCUT2D eigenvalue weighted by molar-refractivity contribution is 0.0382. The second-order valence-electron chi connectivity index (χ2n) is 6.28. The molecular formula is C23H18N2O2S. The van der Waals surface area contributed by atoms with Crippen LogP contribution in [-0.2, 0) is 4.74 Å². The highest BCUT2D eigenvalue weighted by Gasteiger charge is 2.23. The number of ether oxygens (including phenoxy) is 1. The molecule has 2 heterocycles. The Bertz CT molecular complexity index is 1020. The third kappa shape index (κ3) is 3.85. The summed E-state index contributed by atoms with van der Waals surface area (Å²) in [5.41, 5.74) is 3.45. The Morgan fingerprint density at radius 1 is 0.893 bits per heavy atom. The molecule has 0 N–H and O–H groups in total. The molecule has 2 aromatic carbocycles. The number of esters is 1. The van der Waals surface area contributed by atoms with E-state index in [1.165, 1.54) is 11.3 Å². The predicted molar refractivity (Wildman–Crippen MR) is 110 cm³/mol. The molecular weight excluding hydrogens is 368 g/mol. The van der Waals surface area contributed by atoms with Gasteiger partial charge in [0, 0.05) is 23.5 Å². The maximum Gasteiger partial charge on any atom is 0.351 e. The molecule has 5 heteroatoms. The molecule has 1 atom stereocenters. The number of aryl methyl sites for hydroxylation is 1. The van der Waals surface area contributed by atoms with Crippen LogP contribution in [-0.4, -0.2) is 15.9 Å². The summed E-state index contributed by atoms with van der Waals surface area (Å²) in [5, 5.41) is 0.810. The maximum atomic E-state index is 13.0. The van der Waals surface area contributed by atoms with E-state index in [4.69, 9.17) is 4.74 Å². The van der Waals surface area contributed by atoms with Crippen LogP contribution in [0.5, 0.6) is 0 Å². The van der Waals surface area contributed by atoms with Crippen molar-refractivity contribution in [1.29, 1.82) is 0 Å². The summed E-state index contributed by atoms with van der Waals surface area (Å²) in [6.45, 7) is 1.84. The van der Waals surface area contributed by atoms with Crippen molar-refractivity contribution in [2.24, 2.45) is 0 Å². The van der Waals surface area contributed by atoms with E-state index >= 15 is 0 Å². The Balaban J connectivity index is 1.65. The van der Waals surface area contributed by atoms with Gasteiger partial charge in [-0.1, -0.05) is 60.7 Å². The third-order valence-electron chi connectivity index (χ3n) is 4.34. The fraction of sp³-hybridized carbons (Fsp3) is 0.0870. The van der Waals surface area contributed by atoms with Gasteiger partial charge in [0.05, 0.1) is 5.69 Å². The topological polar surface area (TPSA) is 52.1 Å². The highest BCUT2D eigenvalue weighted by atomic mass is 32.1. The van der Waals surface area contributed by atoms with Gasteiger partial charge in [-0.3, -0.25) is 4.98 Å². The molecule has 0 spiro atoms. The SMILES string of the molecule is Cc1nc(-c2ccccc2)sc1C(=O)OC(c1ccccc1)c1ccncc1. The summed E-state index contributed by atoms with van der Waals surface area (Å²) in [6, 6.07) is 23.3. The largest absolute Gasteiger partial charge is 0.448 e. The van der Waals surface area contributed by atoms with Crippen LogP contribution in [0.4, 0.5) is 0 Å². The van der Waals surface area contributed by atoms with Gasteiger partial charge in [-0.05, 0) is 24.6 Å². The van der Waals surface area contributed by atoms with E-state index in [1.54, 1.807) is 12.4 Å². The first-order chi connectivity index (χ1) is 13.7. The van der Waals surface area contributed by atoms with E-state index in [9.17, 15) is 4.79 Å². The minimum Gasteiger partial charge on any atom is -0.448 e. The summed E-state index contributed by atoms with van der Waals surface area (Å²) in [5.74, 6) is -0.372. The minimum absolute atomic E-state index is 0.372. The minimum atomic E-state index is -0.502. The van der Waals surface area contributed by atoms with E-state index in [1.807, 2.05) is 79.7 Å². The zero-order valence-electron chi connectivity index (χ0n) is 15.3. The summed E-state index contributed by atoms with van der Waals surface area (Å²) >= 11 is 1.36. The fourth-order valence-electron chi connectivity index (χ4n) is 2.95. The molecule has 0 saturated heterocycles. The summed E-state index contributed by atoms with van der Waals surface area (Å²) in [7, 11) is 0. The zero-order valence-corrected chi connectivity index (χ0v) is 16.1. The van der Waals surface area contributed by atoms with Crippen molar-refractivity contribution in [3.8, 4) is 10.6 Å². The van der Waals surface area contributed by atoms with Crippen LogP contribution in [0.2, 0.25) is 0 Å². The van der Waals surface area contributed by atoms with Crippen LogP contribution >= 0.6 is 11.3 Å². The Labute approximate surface area is 167 Å². The van der Waals surface area contributed by atoms with Gasteiger partial charge in [-0.25, -0.2) is 9.78 Å². The number of aromatic nitrogens is 2. The van der Waals surface area contributed by atoms with Crippen LogP contribution in [0, 0.1) is 6.92 Å². The molecule has 4 aromatic rings. The molecule has 1 unspecified atom stereocenters. The van der Waals surface area contributed by atoms with Gasteiger partial charge in [0.25, 0.3) is 0 Å². The van der Waals surface area contributed by atoms with Crippen LogP contribution in [0.25, 0.3) is 10.6 Å². The van der Waals surface area contributed by atoms with E-state index < -0.39 is 6.10 Å². The molecule has 2 aromatic heterocycles. The molecule has 0 saturated carbocycles. The van der Waals surface area contributed by atoms with Crippen molar-refractivity contribution in [3.63, 3.8) is 0 Å². The molecule has 0 bridgehead atoms. The second kappa shape index (κ2) is 8.15. The Kier molecular flexibility index (Phi) is 5.26. The lowest BCUT2D eigenvalue weighted by Crippen LogP contribution is -2.13. The van der Waals surface area contributed by atoms with E-state index in [2.05, 4.69) is 9.97 Å². The first-order valence-electron chi connectivity index (χ1n) is 8.91. The van der Waals surface area contributed by atoms with Crippen molar-refractivity contribution in [3.05, 3.63) is 107 Å². The van der Waals surface area contributed by atoms with Gasteiger partial charge in [0.2, 0.25) is 0 Å². The lowest BCUT2D eigenvalue weighted by Gasteiger charge is -2.18. The number of rotatable bonds is 5. The molecule has 0 radical (unpaired) electrons. The van der Waals surface area contributed by atoms with Gasteiger partial charge in [0.15, 0.2) is 6.10 Å². The predicted octanol–water partition coefficient (Wildman–Crippen LogP) is 5.46. The van der Waals surface area contributed by atoms with E-state index in [-0.39, 0.29) is 5.97 Å². The van der Waals surface area contributed by atoms with Crippen molar-refractivity contribution < 1.29 is 9.53 Å². The van der Waals surface area contributed by atoms with Gasteiger partial charge in [0.1, 0.15) is 9.88 Å². The quantitative estimate of drug-likeness (QED) is 0.427. The first kappa shape index (κ1) is 18.1. The van der Waals surface area contributed by atoms with Crippen molar-refractivity contribution in [2.45, 2.75) is 13.0 Å². The number of thiazole rings is 1. The third-order valence-corrected chi connectivity index (χ3v) is 5.53. The van der Waals surface area contributed by atoms with Crippen molar-refractivity contribution in [1.82, 2.24) is 9.97 Å². The molecule has 0 aliphatic heterocycles. The van der Waals surface area contributed by atoms with Crippen LogP contribution < -0.4 is 0 Å². The molecule has 0 fully saturated rings. The van der Waals surface area contributed by atoms with E-state index in [0.717, 1.165) is 21.7 Å². The zero-order chi connectivity index (χ0) is 19.3. The number of carbonyl (C=O) groups is 1. The van der Waals surface area contributed by atoms with Gasteiger partial charge < -0.3 is 4.74 Å². The molecule has 4 rings (SSSR count). The smallest absolute Gasteiger partial charge is 0.351 e. The normalized spacial score (nSPS) is 11.8. The van der Waals surface area contributed by atoms with Crippen molar-refractivity contribution in [2.75, 3.05) is 0 Å². The van der Waals surface area contributed by atoms with Crippen molar-refractivity contribution >= 4 is 17.3 Å². The number of nitrogens with zero attached hydrogens (tertiary/aromatic N) is 2. The van der Waals surface area contributed by atoms with Crippen LogP contribution in [0.15, 0.2) is 85.2 Å². The van der Waals surface area contributed by atoms with E-state index in [0.29, 0.717) is 10.6 Å². The number of benzene rings is 2. The number of carbonyl (C=O) groups excluding carboxylic acids is 1. The lowest BCUT2D eigenvalue weighted by atomic mass is 10.0. The molecule has 28 heavy (non-hydrogen) atoms. The molecule has 0 aliphatic rings. The molecule has 0 amide bonds. The number of hydrogen-bond donors (Lipinski definition) is 0. The van der Waals surface area contributed by atoms with Gasteiger partial charge in [-0.15, -0.1) is 11.3 Å². The maximum absolute atomic E-state index is 13.0. The first-order valence-corrected chi connectivity index (χ1v) is 9.73. The number of hydrogen-bond acceptors (Lipinski definition) is 5. The van der Waals surface area contributed by atoms with Gasteiger partial charge in [-0.2, -0.15) is 0 Å². The summed E-state index contributed by atoms with van der Waals surface area (Å²) in [4.78, 5) is 22.1. The standard InChI is InChI=1S/C23H18N2O2S/c1-16-21(28-22(25-16)19-10-6-3-7-11-19)23(26)27-20(17-8-4-2-5-9-17)18-12-14-24-15-13-18/h2-15,20H,1H3. The summed E-state index contributed by atoms with van der Waals surface area (Å²) in [6.07, 6.45) is 2.90. The Hall–Kier alpha value is -3.31. The average molecular weight is 386 g/mol. The van der Waals surface area contributed by atoms with Gasteiger partial charge >= 0.3 is 5.97 Å². The highest BCUT2D eigenvalue weighted by Crippen LogP contribution is 2.31. The highest BCUT2D eigenvalue weighted by molar-refractivity contribution is 7.17. The number of pyridine rings is 1. The molecule has 138 valence electrons. The monoisotopic (exact) mass is 386 g/mol. The molecule has 4 nitrogen and oxygen atoms in total. The van der Waals surface area contributed by atoms with Crippen LogP contribution in [0.1, 0.15) is 32.6 Å².